The number of alkyl halides is 3. The fourth-order valence-corrected chi connectivity index (χ4v) is 1.93. The van der Waals surface area contributed by atoms with Crippen molar-refractivity contribution in [2.75, 3.05) is 6.54 Å². The van der Waals surface area contributed by atoms with Gasteiger partial charge in [0.2, 0.25) is 5.82 Å². The zero-order chi connectivity index (χ0) is 11.9. The summed E-state index contributed by atoms with van der Waals surface area (Å²) in [6.45, 7) is 4.65. The average Bonchev–Trinajstić information content (AvgIpc) is 2.59. The fourth-order valence-electron chi connectivity index (χ4n) is 1.93. The number of halogens is 3. The number of aromatic nitrogens is 3. The third-order valence-corrected chi connectivity index (χ3v) is 2.68. The minimum absolute atomic E-state index is 0.155. The molecule has 2 heterocycles. The summed E-state index contributed by atoms with van der Waals surface area (Å²) in [5.74, 6) is -0.326. The molecule has 0 bridgehead atoms. The second kappa shape index (κ2) is 3.73. The number of fused-ring (bicyclic) bond motifs is 1. The lowest BCUT2D eigenvalue weighted by Gasteiger charge is -2.27. The van der Waals surface area contributed by atoms with Gasteiger partial charge in [-0.2, -0.15) is 13.2 Å². The first-order valence-corrected chi connectivity index (χ1v) is 5.15. The van der Waals surface area contributed by atoms with Crippen LogP contribution in [-0.2, 0) is 12.7 Å². The highest BCUT2D eigenvalue weighted by molar-refractivity contribution is 5.07. The van der Waals surface area contributed by atoms with E-state index in [1.54, 1.807) is 0 Å². The van der Waals surface area contributed by atoms with Gasteiger partial charge in [0, 0.05) is 13.1 Å². The number of hydrogen-bond acceptors (Lipinski definition) is 3. The Labute approximate surface area is 90.9 Å². The monoisotopic (exact) mass is 234 g/mol. The summed E-state index contributed by atoms with van der Waals surface area (Å²) in [5, 5.41) is 10.1. The molecule has 90 valence electrons. The van der Waals surface area contributed by atoms with Crippen LogP contribution in [0.1, 0.15) is 31.5 Å². The highest BCUT2D eigenvalue weighted by Crippen LogP contribution is 2.31. The highest BCUT2D eigenvalue weighted by atomic mass is 19.4. The number of rotatable bonds is 1. The molecule has 0 aromatic carbocycles. The Morgan fingerprint density at radius 1 is 1.38 bits per heavy atom. The number of nitrogens with zero attached hydrogens (tertiary/aromatic N) is 3. The molecule has 1 aliphatic heterocycles. The third-order valence-electron chi connectivity index (χ3n) is 2.68. The Hall–Kier alpha value is -1.11. The predicted molar refractivity (Wildman–Crippen MR) is 50.6 cm³/mol. The SMILES string of the molecule is CC(C)C1NCCn2c1nnc2C(F)(F)F. The van der Waals surface area contributed by atoms with Crippen LogP contribution >= 0.6 is 0 Å². The average molecular weight is 234 g/mol. The molecule has 0 radical (unpaired) electrons. The molecule has 1 N–H and O–H groups in total. The normalized spacial score (nSPS) is 21.2. The summed E-state index contributed by atoms with van der Waals surface area (Å²) >= 11 is 0. The van der Waals surface area contributed by atoms with Crippen molar-refractivity contribution in [2.24, 2.45) is 5.92 Å². The third kappa shape index (κ3) is 1.79. The molecule has 7 heteroatoms. The van der Waals surface area contributed by atoms with Gasteiger partial charge in [-0.15, -0.1) is 10.2 Å². The lowest BCUT2D eigenvalue weighted by atomic mass is 10.0. The van der Waals surface area contributed by atoms with E-state index in [1.807, 2.05) is 13.8 Å². The summed E-state index contributed by atoms with van der Waals surface area (Å²) in [5.41, 5.74) is 0. The summed E-state index contributed by atoms with van der Waals surface area (Å²) in [7, 11) is 0. The van der Waals surface area contributed by atoms with Gasteiger partial charge in [0.05, 0.1) is 6.04 Å². The summed E-state index contributed by atoms with van der Waals surface area (Å²) in [4.78, 5) is 0. The van der Waals surface area contributed by atoms with Crippen molar-refractivity contribution in [3.8, 4) is 0 Å². The van der Waals surface area contributed by atoms with E-state index in [4.69, 9.17) is 0 Å². The van der Waals surface area contributed by atoms with E-state index in [0.717, 1.165) is 0 Å². The molecule has 1 aliphatic rings. The molecule has 1 atom stereocenters. The maximum absolute atomic E-state index is 12.6. The van der Waals surface area contributed by atoms with E-state index in [0.29, 0.717) is 12.4 Å². The van der Waals surface area contributed by atoms with Crippen molar-refractivity contribution < 1.29 is 13.2 Å². The highest BCUT2D eigenvalue weighted by Gasteiger charge is 2.40. The molecule has 1 unspecified atom stereocenters. The smallest absolute Gasteiger partial charge is 0.305 e. The molecule has 0 fully saturated rings. The molecule has 1 aromatic rings. The Morgan fingerprint density at radius 2 is 2.06 bits per heavy atom. The van der Waals surface area contributed by atoms with E-state index in [1.165, 1.54) is 4.57 Å². The van der Waals surface area contributed by atoms with Gasteiger partial charge < -0.3 is 9.88 Å². The first-order chi connectivity index (χ1) is 7.41. The number of nitrogens with one attached hydrogen (secondary N) is 1. The predicted octanol–water partition coefficient (Wildman–Crippen LogP) is 1.60. The van der Waals surface area contributed by atoms with Crippen LogP contribution < -0.4 is 5.32 Å². The molecule has 1 aromatic heterocycles. The largest absolute Gasteiger partial charge is 0.451 e. The van der Waals surface area contributed by atoms with Crippen molar-refractivity contribution >= 4 is 0 Å². The van der Waals surface area contributed by atoms with Crippen LogP contribution in [0.15, 0.2) is 0 Å². The first kappa shape index (κ1) is 11.4. The molecule has 0 aliphatic carbocycles. The molecular weight excluding hydrogens is 221 g/mol. The van der Waals surface area contributed by atoms with Crippen LogP contribution in [0.25, 0.3) is 0 Å². The zero-order valence-electron chi connectivity index (χ0n) is 9.04. The zero-order valence-corrected chi connectivity index (χ0v) is 9.04. The van der Waals surface area contributed by atoms with Gasteiger partial charge in [-0.05, 0) is 5.92 Å². The molecule has 2 rings (SSSR count). The standard InChI is InChI=1S/C9H13F3N4/c1-5(2)6-7-14-15-8(9(10,11)12)16(7)4-3-13-6/h5-6,13H,3-4H2,1-2H3. The second-order valence-corrected chi connectivity index (χ2v) is 4.21. The molecule has 0 saturated heterocycles. The first-order valence-electron chi connectivity index (χ1n) is 5.15. The summed E-state index contributed by atoms with van der Waals surface area (Å²) < 4.78 is 38.9. The van der Waals surface area contributed by atoms with Gasteiger partial charge in [-0.1, -0.05) is 13.8 Å². The van der Waals surface area contributed by atoms with Crippen LogP contribution in [0.5, 0.6) is 0 Å². The maximum atomic E-state index is 12.6. The van der Waals surface area contributed by atoms with Crippen molar-refractivity contribution in [1.29, 1.82) is 0 Å². The van der Waals surface area contributed by atoms with Gasteiger partial charge in [-0.3, -0.25) is 0 Å². The number of hydrogen-bond donors (Lipinski definition) is 1. The van der Waals surface area contributed by atoms with E-state index >= 15 is 0 Å². The van der Waals surface area contributed by atoms with Crippen LogP contribution in [0.3, 0.4) is 0 Å². The Balaban J connectivity index is 2.42. The molecule has 0 spiro atoms. The van der Waals surface area contributed by atoms with Gasteiger partial charge in [-0.25, -0.2) is 0 Å². The fraction of sp³-hybridized carbons (Fsp3) is 0.778. The minimum atomic E-state index is -4.43. The summed E-state index contributed by atoms with van der Waals surface area (Å²) in [6.07, 6.45) is -4.43. The van der Waals surface area contributed by atoms with E-state index in [9.17, 15) is 13.2 Å². The van der Waals surface area contributed by atoms with Gasteiger partial charge in [0.15, 0.2) is 5.82 Å². The van der Waals surface area contributed by atoms with E-state index in [2.05, 4.69) is 15.5 Å². The van der Waals surface area contributed by atoms with Gasteiger partial charge in [0.25, 0.3) is 0 Å². The summed E-state index contributed by atoms with van der Waals surface area (Å²) in [6, 6.07) is -0.155. The van der Waals surface area contributed by atoms with Crippen molar-refractivity contribution in [2.45, 2.75) is 32.6 Å². The lowest BCUT2D eigenvalue weighted by molar-refractivity contribution is -0.147. The Morgan fingerprint density at radius 3 is 2.62 bits per heavy atom. The Kier molecular flexibility index (Phi) is 2.65. The van der Waals surface area contributed by atoms with E-state index < -0.39 is 12.0 Å². The van der Waals surface area contributed by atoms with Crippen molar-refractivity contribution in [1.82, 2.24) is 20.1 Å². The molecule has 4 nitrogen and oxygen atoms in total. The van der Waals surface area contributed by atoms with Gasteiger partial charge in [0.1, 0.15) is 0 Å². The molecule has 16 heavy (non-hydrogen) atoms. The molecular formula is C9H13F3N4. The van der Waals surface area contributed by atoms with Crippen LogP contribution in [-0.4, -0.2) is 21.3 Å². The second-order valence-electron chi connectivity index (χ2n) is 4.21. The quantitative estimate of drug-likeness (QED) is 0.802. The van der Waals surface area contributed by atoms with E-state index in [-0.39, 0.29) is 18.5 Å². The molecule has 0 amide bonds. The topological polar surface area (TPSA) is 42.7 Å². The van der Waals surface area contributed by atoms with Crippen LogP contribution in [0, 0.1) is 5.92 Å². The lowest BCUT2D eigenvalue weighted by Crippen LogP contribution is -2.37. The van der Waals surface area contributed by atoms with Crippen molar-refractivity contribution in [3.63, 3.8) is 0 Å². The molecule has 0 saturated carbocycles. The van der Waals surface area contributed by atoms with Crippen LogP contribution in [0.4, 0.5) is 13.2 Å². The Bertz CT molecular complexity index is 383. The van der Waals surface area contributed by atoms with Gasteiger partial charge >= 0.3 is 6.18 Å². The maximum Gasteiger partial charge on any atom is 0.451 e. The minimum Gasteiger partial charge on any atom is -0.305 e. The van der Waals surface area contributed by atoms with Crippen molar-refractivity contribution in [3.05, 3.63) is 11.6 Å². The van der Waals surface area contributed by atoms with Crippen LogP contribution in [0.2, 0.25) is 0 Å².